The number of rotatable bonds is 20. The molecule has 2 fully saturated rings. The van der Waals surface area contributed by atoms with Gasteiger partial charge < -0.3 is 48.1 Å². The fourth-order valence-electron chi connectivity index (χ4n) is 7.14. The number of amides is 5. The van der Waals surface area contributed by atoms with Crippen molar-refractivity contribution in [3.05, 3.63) is 71.8 Å². The van der Waals surface area contributed by atoms with Crippen LogP contribution in [0.15, 0.2) is 60.7 Å². The molecule has 7 unspecified atom stereocenters. The Kier molecular flexibility index (Phi) is 15.5. The molecule has 0 saturated carbocycles. The van der Waals surface area contributed by atoms with Crippen molar-refractivity contribution in [1.82, 2.24) is 25.8 Å². The molecule has 2 heterocycles. The Balaban J connectivity index is 1.47. The Bertz CT molecular complexity index is 1580. The predicted molar refractivity (Wildman–Crippen MR) is 202 cm³/mol. The first-order chi connectivity index (χ1) is 25.8. The summed E-state index contributed by atoms with van der Waals surface area (Å²) in [7, 11) is 0. The van der Waals surface area contributed by atoms with Crippen LogP contribution in [0.3, 0.4) is 0 Å². The first kappa shape index (κ1) is 41.9. The van der Waals surface area contributed by atoms with Crippen LogP contribution in [0.25, 0.3) is 0 Å². The molecule has 10 N–H and O–H groups in total. The summed E-state index contributed by atoms with van der Waals surface area (Å²) in [5, 5.41) is 17.7. The lowest BCUT2D eigenvalue weighted by Gasteiger charge is -2.57. The zero-order chi connectivity index (χ0) is 39.4. The molecule has 54 heavy (non-hydrogen) atoms. The van der Waals surface area contributed by atoms with E-state index in [1.165, 1.54) is 4.90 Å². The average molecular weight is 749 g/mol. The number of unbranched alkanes of at least 4 members (excludes halogenated alkanes) is 1. The number of likely N-dealkylation sites (tertiary alicyclic amines) is 2. The normalized spacial score (nSPS) is 19.1. The monoisotopic (exact) mass is 748 g/mol. The second-order valence-electron chi connectivity index (χ2n) is 14.8. The molecule has 4 rings (SSSR count). The van der Waals surface area contributed by atoms with Crippen molar-refractivity contribution in [2.45, 2.75) is 108 Å². The molecule has 7 atom stereocenters. The standard InChI is InChI=1S/C39H56N8O7/c1-24(2)17-32(45-37(52)33(19-26-13-7-4-8-14-26)44-35(50)29(41)18-25-11-5-3-6-12-25)36(51)43-31(15-9-10-16-40)39(54)47-27-20-28(47)23-46(22-27)38(53)30(42)21-34(48)49/h3-8,11-14,24,27-33H,9-10,15-23,40-42H2,1-2H3,(H,43,51)(H,44,50)(H,45,52)(H,48,49). The smallest absolute Gasteiger partial charge is 0.305 e. The lowest BCUT2D eigenvalue weighted by molar-refractivity contribution is -0.164. The minimum absolute atomic E-state index is 0.0142. The Morgan fingerprint density at radius 1 is 0.722 bits per heavy atom. The quantitative estimate of drug-likeness (QED) is 0.0897. The molecule has 15 nitrogen and oxygen atoms in total. The molecule has 0 aliphatic carbocycles. The van der Waals surface area contributed by atoms with Crippen LogP contribution in [0, 0.1) is 5.92 Å². The van der Waals surface area contributed by atoms with Crippen molar-refractivity contribution in [2.75, 3.05) is 19.6 Å². The summed E-state index contributed by atoms with van der Waals surface area (Å²) >= 11 is 0. The number of benzene rings is 2. The van der Waals surface area contributed by atoms with Gasteiger partial charge in [-0.25, -0.2) is 0 Å². The van der Waals surface area contributed by atoms with Crippen molar-refractivity contribution < 1.29 is 33.9 Å². The van der Waals surface area contributed by atoms with E-state index in [-0.39, 0.29) is 56.3 Å². The molecule has 2 bridgehead atoms. The third-order valence-corrected chi connectivity index (χ3v) is 9.92. The number of hydrogen-bond donors (Lipinski definition) is 7. The molecule has 0 spiro atoms. The first-order valence-electron chi connectivity index (χ1n) is 18.8. The lowest BCUT2D eigenvalue weighted by Crippen LogP contribution is -2.73. The summed E-state index contributed by atoms with van der Waals surface area (Å²) in [4.78, 5) is 82.4. The van der Waals surface area contributed by atoms with Gasteiger partial charge in [0.1, 0.15) is 18.1 Å². The zero-order valence-electron chi connectivity index (χ0n) is 31.2. The summed E-state index contributed by atoms with van der Waals surface area (Å²) in [6.07, 6.45) is 2.40. The molecule has 0 aromatic heterocycles. The Morgan fingerprint density at radius 3 is 1.81 bits per heavy atom. The van der Waals surface area contributed by atoms with Crippen LogP contribution in [0.1, 0.15) is 63.5 Å². The topological polar surface area (TPSA) is 243 Å². The average Bonchev–Trinajstić information content (AvgIpc) is 3.13. The van der Waals surface area contributed by atoms with Gasteiger partial charge in [-0.15, -0.1) is 0 Å². The Labute approximate surface area is 316 Å². The van der Waals surface area contributed by atoms with Gasteiger partial charge in [0.2, 0.25) is 29.5 Å². The number of hydrogen-bond acceptors (Lipinski definition) is 9. The van der Waals surface area contributed by atoms with Gasteiger partial charge in [-0.2, -0.15) is 0 Å². The number of nitrogens with zero attached hydrogens (tertiary/aromatic N) is 2. The number of carboxylic acids is 1. The van der Waals surface area contributed by atoms with Crippen LogP contribution in [-0.4, -0.2) is 112 Å². The summed E-state index contributed by atoms with van der Waals surface area (Å²) in [6, 6.07) is 12.9. The molecule has 2 aromatic rings. The number of carboxylic acid groups (broad SMARTS) is 1. The van der Waals surface area contributed by atoms with E-state index < -0.39 is 66.2 Å². The van der Waals surface area contributed by atoms with Crippen LogP contribution in [-0.2, 0) is 41.6 Å². The van der Waals surface area contributed by atoms with Gasteiger partial charge in [0.05, 0.1) is 30.6 Å². The summed E-state index contributed by atoms with van der Waals surface area (Å²) < 4.78 is 0. The largest absolute Gasteiger partial charge is 0.481 e. The number of fused-ring (bicyclic) bond motifs is 2. The van der Waals surface area contributed by atoms with Gasteiger partial charge >= 0.3 is 5.97 Å². The molecule has 2 aliphatic rings. The highest BCUT2D eigenvalue weighted by Crippen LogP contribution is 2.33. The third-order valence-electron chi connectivity index (χ3n) is 9.92. The van der Waals surface area contributed by atoms with Crippen LogP contribution in [0.5, 0.6) is 0 Å². The summed E-state index contributed by atoms with van der Waals surface area (Å²) in [5.41, 5.74) is 19.5. The van der Waals surface area contributed by atoms with E-state index in [1.54, 1.807) is 4.90 Å². The highest BCUT2D eigenvalue weighted by atomic mass is 16.4. The van der Waals surface area contributed by atoms with Gasteiger partial charge in [-0.05, 0) is 62.1 Å². The van der Waals surface area contributed by atoms with Gasteiger partial charge in [-0.3, -0.25) is 28.8 Å². The van der Waals surface area contributed by atoms with Gasteiger partial charge in [0.25, 0.3) is 0 Å². The van der Waals surface area contributed by atoms with Crippen molar-refractivity contribution in [1.29, 1.82) is 0 Å². The van der Waals surface area contributed by atoms with E-state index >= 15 is 0 Å². The Hall–Kier alpha value is -4.86. The number of nitrogens with two attached hydrogens (primary N) is 3. The highest BCUT2D eigenvalue weighted by molar-refractivity contribution is 5.95. The van der Waals surface area contributed by atoms with E-state index in [0.29, 0.717) is 32.2 Å². The molecule has 294 valence electrons. The van der Waals surface area contributed by atoms with Gasteiger partial charge in [-0.1, -0.05) is 74.5 Å². The fraction of sp³-hybridized carbons (Fsp3) is 0.538. The second-order valence-corrected chi connectivity index (χ2v) is 14.8. The fourth-order valence-corrected chi connectivity index (χ4v) is 7.14. The number of piperidine rings is 1. The minimum atomic E-state index is -1.17. The summed E-state index contributed by atoms with van der Waals surface area (Å²) in [6.45, 7) is 4.67. The first-order valence-corrected chi connectivity index (χ1v) is 18.8. The van der Waals surface area contributed by atoms with Crippen LogP contribution in [0.2, 0.25) is 0 Å². The highest BCUT2D eigenvalue weighted by Gasteiger charge is 2.50. The maximum absolute atomic E-state index is 14.0. The Morgan fingerprint density at radius 2 is 1.26 bits per heavy atom. The number of carbonyl (C=O) groups excluding carboxylic acids is 5. The van der Waals surface area contributed by atoms with E-state index in [9.17, 15) is 28.8 Å². The van der Waals surface area contributed by atoms with Crippen molar-refractivity contribution >= 4 is 35.5 Å². The minimum Gasteiger partial charge on any atom is -0.481 e. The van der Waals surface area contributed by atoms with Crippen molar-refractivity contribution in [3.63, 3.8) is 0 Å². The van der Waals surface area contributed by atoms with Crippen molar-refractivity contribution in [3.8, 4) is 0 Å². The van der Waals surface area contributed by atoms with Crippen LogP contribution < -0.4 is 33.2 Å². The van der Waals surface area contributed by atoms with Crippen LogP contribution in [0.4, 0.5) is 0 Å². The molecule has 0 radical (unpaired) electrons. The van der Waals surface area contributed by atoms with Gasteiger partial charge in [0.15, 0.2) is 0 Å². The van der Waals surface area contributed by atoms with Crippen molar-refractivity contribution in [2.24, 2.45) is 23.1 Å². The predicted octanol–water partition coefficient (Wildman–Crippen LogP) is 0.0423. The molecule has 5 amide bonds. The molecular weight excluding hydrogens is 692 g/mol. The molecule has 2 saturated heterocycles. The number of carbonyl (C=O) groups is 6. The molecular formula is C39H56N8O7. The molecule has 2 aromatic carbocycles. The zero-order valence-corrected chi connectivity index (χ0v) is 31.2. The maximum Gasteiger partial charge on any atom is 0.305 e. The maximum atomic E-state index is 14.0. The number of nitrogens with one attached hydrogen (secondary N) is 3. The second kappa shape index (κ2) is 20.0. The van der Waals surface area contributed by atoms with E-state index in [2.05, 4.69) is 16.0 Å². The summed E-state index contributed by atoms with van der Waals surface area (Å²) in [5.74, 6) is -3.55. The van der Waals surface area contributed by atoms with Crippen LogP contribution >= 0.6 is 0 Å². The van der Waals surface area contributed by atoms with E-state index in [1.807, 2.05) is 74.5 Å². The van der Waals surface area contributed by atoms with E-state index in [4.69, 9.17) is 22.3 Å². The van der Waals surface area contributed by atoms with E-state index in [0.717, 1.165) is 11.1 Å². The number of aliphatic carboxylic acids is 1. The lowest BCUT2D eigenvalue weighted by atomic mass is 9.85. The van der Waals surface area contributed by atoms with Gasteiger partial charge in [0, 0.05) is 19.5 Å². The number of piperazine rings is 1. The third kappa shape index (κ3) is 11.8. The molecule has 15 heteroatoms. The molecule has 2 aliphatic heterocycles. The SMILES string of the molecule is CC(C)CC(NC(=O)C(Cc1ccccc1)NC(=O)C(N)Cc1ccccc1)C(=O)NC(CCCCN)C(=O)N1C2CC1CN(C(=O)C(N)CC(=O)O)C2.